The second kappa shape index (κ2) is 18.3. The van der Waals surface area contributed by atoms with Gasteiger partial charge < -0.3 is 14.8 Å². The summed E-state index contributed by atoms with van der Waals surface area (Å²) in [6.07, 6.45) is 5.10. The number of carbonyl (C=O) groups excluding carboxylic acids is 3. The van der Waals surface area contributed by atoms with Crippen LogP contribution in [0.3, 0.4) is 0 Å². The number of nitrogens with zero attached hydrogens (tertiary/aromatic N) is 3. The topological polar surface area (TPSA) is 129 Å². The Morgan fingerprint density at radius 3 is 2.13 bits per heavy atom. The molecule has 3 amide bonds. The van der Waals surface area contributed by atoms with E-state index < -0.39 is 6.09 Å². The van der Waals surface area contributed by atoms with Crippen molar-refractivity contribution in [3.8, 4) is 11.1 Å². The number of anilines is 1. The van der Waals surface area contributed by atoms with Gasteiger partial charge in [-0.25, -0.2) is 4.79 Å². The summed E-state index contributed by atoms with van der Waals surface area (Å²) >= 11 is 0. The summed E-state index contributed by atoms with van der Waals surface area (Å²) in [6, 6.07) is 23.2. The van der Waals surface area contributed by atoms with Gasteiger partial charge in [0.1, 0.15) is 6.10 Å². The number of likely N-dealkylation sites (tertiary alicyclic amines) is 1. The maximum atomic E-state index is 12.6. The lowest BCUT2D eigenvalue weighted by molar-refractivity contribution is 0.0580. The number of benzene rings is 3. The first-order valence-electron chi connectivity index (χ1n) is 15.7. The zero-order valence-electron chi connectivity index (χ0n) is 26.4. The Morgan fingerprint density at radius 2 is 1.44 bits per heavy atom. The van der Waals surface area contributed by atoms with Crippen molar-refractivity contribution >= 4 is 23.6 Å². The molecule has 2 aliphatic rings. The fraction of sp³-hybridized carbons (Fsp3) is 0.400. The van der Waals surface area contributed by atoms with Gasteiger partial charge in [0.2, 0.25) is 0 Å². The SMILES string of the molecule is CC.Cc1ccc2c(c1)C(=O)N(CCCCCCN1CCC(OC(=O)Nc3ccccc3-c3ccccc3)CC1)C2=O.O=NO. The smallest absolute Gasteiger partial charge is 0.411 e. The van der Waals surface area contributed by atoms with Gasteiger partial charge in [0, 0.05) is 25.2 Å². The number of amides is 3. The standard InChI is InChI=1S/C33H37N3O4.C2H6.HNO2/c1-24-15-16-28-29(23-24)32(38)36(31(28)37)20-10-3-2-9-19-35-21-17-26(18-22-35)40-33(39)34-30-14-8-7-13-27(30)25-11-5-4-6-12-25;1-2;2-1-3/h4-8,11-16,23,26H,2-3,9-10,17-22H2,1H3,(H,34,39);1-2H3;(H,2,3). The fourth-order valence-corrected chi connectivity index (χ4v) is 5.57. The zero-order valence-corrected chi connectivity index (χ0v) is 26.4. The molecule has 0 bridgehead atoms. The minimum Gasteiger partial charge on any atom is -0.446 e. The van der Waals surface area contributed by atoms with E-state index in [-0.39, 0.29) is 17.9 Å². The first kappa shape index (κ1) is 34.9. The number of aryl methyl sites for hydroxylation is 1. The monoisotopic (exact) mass is 616 g/mol. The van der Waals surface area contributed by atoms with Gasteiger partial charge in [-0.3, -0.25) is 19.8 Å². The van der Waals surface area contributed by atoms with E-state index in [0.717, 1.165) is 80.5 Å². The molecule has 1 saturated heterocycles. The molecule has 0 radical (unpaired) electrons. The van der Waals surface area contributed by atoms with Gasteiger partial charge in [-0.2, -0.15) is 0 Å². The second-order valence-corrected chi connectivity index (χ2v) is 10.8. The highest BCUT2D eigenvalue weighted by Gasteiger charge is 2.34. The highest BCUT2D eigenvalue weighted by atomic mass is 16.6. The second-order valence-electron chi connectivity index (χ2n) is 10.8. The lowest BCUT2D eigenvalue weighted by atomic mass is 10.0. The van der Waals surface area contributed by atoms with Crippen LogP contribution in [0.2, 0.25) is 0 Å². The Kier molecular flexibility index (Phi) is 14.2. The first-order chi connectivity index (χ1) is 21.9. The number of imide groups is 1. The Labute approximate surface area is 265 Å². The van der Waals surface area contributed by atoms with Gasteiger partial charge in [0.25, 0.3) is 11.8 Å². The van der Waals surface area contributed by atoms with Crippen LogP contribution < -0.4 is 5.32 Å². The predicted molar refractivity (Wildman–Crippen MR) is 175 cm³/mol. The van der Waals surface area contributed by atoms with Crippen molar-refractivity contribution in [3.05, 3.63) is 94.4 Å². The van der Waals surface area contributed by atoms with Crippen LogP contribution in [0.1, 0.15) is 78.7 Å². The molecule has 0 spiro atoms. The summed E-state index contributed by atoms with van der Waals surface area (Å²) in [5.74, 6) is -0.331. The molecule has 10 nitrogen and oxygen atoms in total. The number of hydrogen-bond acceptors (Lipinski definition) is 7. The van der Waals surface area contributed by atoms with Crippen molar-refractivity contribution in [2.45, 2.75) is 65.4 Å². The fourth-order valence-electron chi connectivity index (χ4n) is 5.57. The third kappa shape index (κ3) is 9.97. The largest absolute Gasteiger partial charge is 0.446 e. The molecule has 0 unspecified atom stereocenters. The molecule has 0 aromatic heterocycles. The molecule has 0 aliphatic carbocycles. The number of para-hydroxylation sites is 1. The van der Waals surface area contributed by atoms with Crippen LogP contribution in [0.25, 0.3) is 11.1 Å². The zero-order chi connectivity index (χ0) is 32.6. The molecule has 0 saturated carbocycles. The van der Waals surface area contributed by atoms with Gasteiger partial charge in [-0.1, -0.05) is 86.8 Å². The predicted octanol–water partition coefficient (Wildman–Crippen LogP) is 7.70. The minimum atomic E-state index is -0.407. The van der Waals surface area contributed by atoms with Crippen LogP contribution >= 0.6 is 0 Å². The number of piperidine rings is 1. The van der Waals surface area contributed by atoms with Crippen LogP contribution in [-0.2, 0) is 4.74 Å². The molecule has 2 N–H and O–H groups in total. The highest BCUT2D eigenvalue weighted by Crippen LogP contribution is 2.28. The molecular weight excluding hydrogens is 572 g/mol. The summed E-state index contributed by atoms with van der Waals surface area (Å²) < 4.78 is 5.75. The molecule has 45 heavy (non-hydrogen) atoms. The summed E-state index contributed by atoms with van der Waals surface area (Å²) in [7, 11) is 0. The van der Waals surface area contributed by atoms with Crippen LogP contribution in [0, 0.1) is 11.8 Å². The number of fused-ring (bicyclic) bond motifs is 1. The molecule has 3 aromatic rings. The van der Waals surface area contributed by atoms with Gasteiger partial charge in [-0.05, 0) is 62.9 Å². The van der Waals surface area contributed by atoms with Crippen LogP contribution in [0.4, 0.5) is 10.5 Å². The average Bonchev–Trinajstić information content (AvgIpc) is 3.29. The van der Waals surface area contributed by atoms with Gasteiger partial charge in [0.15, 0.2) is 5.34 Å². The van der Waals surface area contributed by atoms with E-state index in [1.807, 2.05) is 81.4 Å². The van der Waals surface area contributed by atoms with Crippen LogP contribution in [0.5, 0.6) is 0 Å². The maximum Gasteiger partial charge on any atom is 0.411 e. The third-order valence-corrected chi connectivity index (χ3v) is 7.79. The Bertz CT molecular complexity index is 1410. The average molecular weight is 617 g/mol. The lowest BCUT2D eigenvalue weighted by Crippen LogP contribution is -2.38. The minimum absolute atomic E-state index is 0.0800. The van der Waals surface area contributed by atoms with Crippen molar-refractivity contribution in [1.29, 1.82) is 0 Å². The number of unbranched alkanes of at least 4 members (excludes halogenated alkanes) is 3. The molecule has 3 aromatic carbocycles. The van der Waals surface area contributed by atoms with E-state index in [2.05, 4.69) is 10.2 Å². The molecule has 2 aliphatic heterocycles. The van der Waals surface area contributed by atoms with Crippen LogP contribution in [-0.4, -0.2) is 65.2 Å². The number of hydrogen-bond donors (Lipinski definition) is 2. The number of ether oxygens (including phenoxy) is 1. The summed E-state index contributed by atoms with van der Waals surface area (Å²) in [6.45, 7) is 9.24. The molecule has 5 rings (SSSR count). The molecule has 1 fully saturated rings. The first-order valence-corrected chi connectivity index (χ1v) is 15.7. The number of carbonyl (C=O) groups is 3. The summed E-state index contributed by atoms with van der Waals surface area (Å²) in [5, 5.41) is 10.8. The lowest BCUT2D eigenvalue weighted by Gasteiger charge is -2.31. The molecule has 2 heterocycles. The van der Waals surface area contributed by atoms with Crippen molar-refractivity contribution in [2.75, 3.05) is 31.5 Å². The van der Waals surface area contributed by atoms with Crippen molar-refractivity contribution in [1.82, 2.24) is 9.80 Å². The van der Waals surface area contributed by atoms with Gasteiger partial charge in [0.05, 0.1) is 16.8 Å². The molecule has 10 heteroatoms. The highest BCUT2D eigenvalue weighted by molar-refractivity contribution is 6.21. The van der Waals surface area contributed by atoms with E-state index in [1.165, 1.54) is 10.2 Å². The maximum absolute atomic E-state index is 12.6. The van der Waals surface area contributed by atoms with Crippen molar-refractivity contribution < 1.29 is 24.3 Å². The molecular formula is C35H44N4O6. The summed E-state index contributed by atoms with van der Waals surface area (Å²) in [4.78, 5) is 49.7. The van der Waals surface area contributed by atoms with E-state index in [1.54, 1.807) is 12.1 Å². The number of nitrogens with one attached hydrogen (secondary N) is 1. The van der Waals surface area contributed by atoms with E-state index in [9.17, 15) is 14.4 Å². The quantitative estimate of drug-likeness (QED) is 0.103. The van der Waals surface area contributed by atoms with Gasteiger partial charge in [-0.15, -0.1) is 4.91 Å². The Hall–Kier alpha value is -4.57. The van der Waals surface area contributed by atoms with E-state index in [0.29, 0.717) is 17.7 Å². The van der Waals surface area contributed by atoms with Crippen molar-refractivity contribution in [3.63, 3.8) is 0 Å². The van der Waals surface area contributed by atoms with Crippen molar-refractivity contribution in [2.24, 2.45) is 5.34 Å². The summed E-state index contributed by atoms with van der Waals surface area (Å²) in [5.41, 5.74) is 4.81. The van der Waals surface area contributed by atoms with E-state index >= 15 is 0 Å². The number of rotatable bonds is 10. The third-order valence-electron chi connectivity index (χ3n) is 7.79. The molecule has 240 valence electrons. The Morgan fingerprint density at radius 1 is 0.844 bits per heavy atom. The molecule has 0 atom stereocenters. The van der Waals surface area contributed by atoms with Crippen LogP contribution in [0.15, 0.2) is 78.1 Å². The Balaban J connectivity index is 0.00000104. The van der Waals surface area contributed by atoms with Gasteiger partial charge >= 0.3 is 6.09 Å². The van der Waals surface area contributed by atoms with E-state index in [4.69, 9.17) is 14.9 Å². The normalized spacial score (nSPS) is 14.4.